The van der Waals surface area contributed by atoms with Crippen molar-refractivity contribution in [3.8, 4) is 0 Å². The number of fused-ring (bicyclic) bond motifs is 1. The first kappa shape index (κ1) is 15.9. The molecule has 6 nitrogen and oxygen atoms in total. The van der Waals surface area contributed by atoms with E-state index in [-0.39, 0.29) is 17.6 Å². The number of hydrogen-bond acceptors (Lipinski definition) is 5. The van der Waals surface area contributed by atoms with Crippen LogP contribution in [-0.4, -0.2) is 27.2 Å². The number of rotatable bonds is 5. The van der Waals surface area contributed by atoms with E-state index in [4.69, 9.17) is 10.5 Å². The molecule has 114 valence electrons. The van der Waals surface area contributed by atoms with Crippen molar-refractivity contribution in [3.63, 3.8) is 0 Å². The van der Waals surface area contributed by atoms with Crippen molar-refractivity contribution < 1.29 is 4.74 Å². The van der Waals surface area contributed by atoms with Crippen molar-refractivity contribution in [2.75, 3.05) is 12.3 Å². The second-order valence-corrected chi connectivity index (χ2v) is 5.98. The van der Waals surface area contributed by atoms with Crippen LogP contribution in [0.15, 0.2) is 15.3 Å². The van der Waals surface area contributed by atoms with Crippen molar-refractivity contribution in [2.24, 2.45) is 0 Å². The lowest BCUT2D eigenvalue weighted by atomic mass is 10.2. The molecule has 2 aromatic rings. The molecule has 0 saturated carbocycles. The third-order valence-corrected chi connectivity index (χ3v) is 3.65. The van der Waals surface area contributed by atoms with Gasteiger partial charge in [0.05, 0.1) is 16.3 Å². The summed E-state index contributed by atoms with van der Waals surface area (Å²) in [6.45, 7) is 6.94. The molecule has 2 N–H and O–H groups in total. The number of nitrogens with two attached hydrogens (primary N) is 1. The van der Waals surface area contributed by atoms with Crippen LogP contribution < -0.4 is 11.3 Å². The molecule has 0 radical (unpaired) electrons. The summed E-state index contributed by atoms with van der Waals surface area (Å²) in [6, 6.07) is 1.74. The predicted octanol–water partition coefficient (Wildman–Crippen LogP) is 2.26. The Kier molecular flexibility index (Phi) is 4.95. The first-order valence-corrected chi connectivity index (χ1v) is 7.64. The SMILES string of the molecule is Cc1nc(N)nc2c1cc(Br)c(=O)n2CCCOC(C)C. The van der Waals surface area contributed by atoms with E-state index in [0.717, 1.165) is 17.5 Å². The Bertz CT molecular complexity index is 712. The summed E-state index contributed by atoms with van der Waals surface area (Å²) >= 11 is 3.30. The molecule has 0 fully saturated rings. The highest BCUT2D eigenvalue weighted by molar-refractivity contribution is 9.10. The number of halogens is 1. The van der Waals surface area contributed by atoms with E-state index in [9.17, 15) is 4.79 Å². The van der Waals surface area contributed by atoms with Gasteiger partial charge in [0.2, 0.25) is 5.95 Å². The monoisotopic (exact) mass is 354 g/mol. The maximum Gasteiger partial charge on any atom is 0.266 e. The molecule has 0 bridgehead atoms. The standard InChI is InChI=1S/C14H19BrN4O2/c1-8(2)21-6-4-5-19-12-10(7-11(15)13(19)20)9(3)17-14(16)18-12/h7-8H,4-6H2,1-3H3,(H2,16,17,18). The quantitative estimate of drug-likeness (QED) is 0.832. The van der Waals surface area contributed by atoms with Gasteiger partial charge in [-0.05, 0) is 49.2 Å². The molecule has 0 unspecified atom stereocenters. The molecule has 0 aliphatic rings. The van der Waals surface area contributed by atoms with E-state index < -0.39 is 0 Å². The molecule has 2 aromatic heterocycles. The van der Waals surface area contributed by atoms with Gasteiger partial charge in [-0.2, -0.15) is 4.98 Å². The van der Waals surface area contributed by atoms with Gasteiger partial charge in [-0.25, -0.2) is 4.98 Å². The Morgan fingerprint density at radius 2 is 2.14 bits per heavy atom. The van der Waals surface area contributed by atoms with Gasteiger partial charge in [-0.3, -0.25) is 9.36 Å². The van der Waals surface area contributed by atoms with E-state index in [0.29, 0.717) is 23.3 Å². The average molecular weight is 355 g/mol. The number of ether oxygens (including phenoxy) is 1. The minimum absolute atomic E-state index is 0.121. The molecule has 0 spiro atoms. The first-order valence-electron chi connectivity index (χ1n) is 6.85. The summed E-state index contributed by atoms with van der Waals surface area (Å²) in [5, 5.41) is 0.820. The summed E-state index contributed by atoms with van der Waals surface area (Å²) in [4.78, 5) is 20.7. The van der Waals surface area contributed by atoms with Gasteiger partial charge in [0.15, 0.2) is 0 Å². The Hall–Kier alpha value is -1.47. The number of pyridine rings is 1. The third-order valence-electron chi connectivity index (χ3n) is 3.09. The number of hydrogen-bond donors (Lipinski definition) is 1. The Balaban J connectivity index is 2.41. The number of nitrogens with zero attached hydrogens (tertiary/aromatic N) is 3. The Morgan fingerprint density at radius 3 is 2.81 bits per heavy atom. The van der Waals surface area contributed by atoms with Gasteiger partial charge in [0.1, 0.15) is 5.65 Å². The lowest BCUT2D eigenvalue weighted by Crippen LogP contribution is -2.23. The molecule has 21 heavy (non-hydrogen) atoms. The van der Waals surface area contributed by atoms with Gasteiger partial charge in [-0.15, -0.1) is 0 Å². The van der Waals surface area contributed by atoms with Gasteiger partial charge >= 0.3 is 0 Å². The summed E-state index contributed by atoms with van der Waals surface area (Å²) in [7, 11) is 0. The fraction of sp³-hybridized carbons (Fsp3) is 0.500. The van der Waals surface area contributed by atoms with Gasteiger partial charge in [0.25, 0.3) is 5.56 Å². The summed E-state index contributed by atoms with van der Waals surface area (Å²) < 4.78 is 7.62. The summed E-state index contributed by atoms with van der Waals surface area (Å²) in [5.41, 5.74) is 6.90. The normalized spacial score (nSPS) is 11.5. The number of anilines is 1. The average Bonchev–Trinajstić information content (AvgIpc) is 2.39. The highest BCUT2D eigenvalue weighted by Crippen LogP contribution is 2.18. The molecule has 0 atom stereocenters. The lowest BCUT2D eigenvalue weighted by molar-refractivity contribution is 0.0749. The second kappa shape index (κ2) is 6.53. The summed E-state index contributed by atoms with van der Waals surface area (Å²) in [5.74, 6) is 0.175. The fourth-order valence-electron chi connectivity index (χ4n) is 2.13. The van der Waals surface area contributed by atoms with Crippen LogP contribution in [0.5, 0.6) is 0 Å². The van der Waals surface area contributed by atoms with Gasteiger partial charge in [0, 0.05) is 18.5 Å². The third kappa shape index (κ3) is 3.59. The van der Waals surface area contributed by atoms with Crippen LogP contribution in [0.1, 0.15) is 26.0 Å². The van der Waals surface area contributed by atoms with Crippen molar-refractivity contribution in [2.45, 2.75) is 39.8 Å². The molecule has 0 aliphatic carbocycles. The van der Waals surface area contributed by atoms with Crippen molar-refractivity contribution in [1.29, 1.82) is 0 Å². The van der Waals surface area contributed by atoms with Gasteiger partial charge in [-0.1, -0.05) is 0 Å². The van der Waals surface area contributed by atoms with Crippen LogP contribution >= 0.6 is 15.9 Å². The largest absolute Gasteiger partial charge is 0.379 e. The highest BCUT2D eigenvalue weighted by atomic mass is 79.9. The molecule has 0 aromatic carbocycles. The van der Waals surface area contributed by atoms with Crippen molar-refractivity contribution in [3.05, 3.63) is 26.6 Å². The summed E-state index contributed by atoms with van der Waals surface area (Å²) in [6.07, 6.45) is 0.910. The second-order valence-electron chi connectivity index (χ2n) is 5.13. The number of aromatic nitrogens is 3. The number of aryl methyl sites for hydroxylation is 2. The van der Waals surface area contributed by atoms with Crippen LogP contribution in [0.3, 0.4) is 0 Å². The van der Waals surface area contributed by atoms with E-state index in [1.807, 2.05) is 20.8 Å². The first-order chi connectivity index (χ1) is 9.90. The molecular weight excluding hydrogens is 336 g/mol. The maximum atomic E-state index is 12.3. The molecule has 0 aliphatic heterocycles. The molecule has 0 amide bonds. The van der Waals surface area contributed by atoms with E-state index in [1.165, 1.54) is 0 Å². The molecule has 0 saturated heterocycles. The van der Waals surface area contributed by atoms with Crippen LogP contribution in [0, 0.1) is 6.92 Å². The zero-order chi connectivity index (χ0) is 15.6. The fourth-order valence-corrected chi connectivity index (χ4v) is 2.57. The van der Waals surface area contributed by atoms with Crippen molar-refractivity contribution >= 4 is 32.9 Å². The smallest absolute Gasteiger partial charge is 0.266 e. The molecule has 2 rings (SSSR count). The van der Waals surface area contributed by atoms with Crippen molar-refractivity contribution in [1.82, 2.24) is 14.5 Å². The van der Waals surface area contributed by atoms with Crippen LogP contribution in [-0.2, 0) is 11.3 Å². The highest BCUT2D eigenvalue weighted by Gasteiger charge is 2.12. The minimum atomic E-state index is -0.121. The van der Waals surface area contributed by atoms with Crippen LogP contribution in [0.25, 0.3) is 11.0 Å². The lowest BCUT2D eigenvalue weighted by Gasteiger charge is -2.13. The molecular formula is C14H19BrN4O2. The topological polar surface area (TPSA) is 83.0 Å². The van der Waals surface area contributed by atoms with E-state index in [1.54, 1.807) is 10.6 Å². The Morgan fingerprint density at radius 1 is 1.43 bits per heavy atom. The molecule has 7 heteroatoms. The minimum Gasteiger partial charge on any atom is -0.379 e. The van der Waals surface area contributed by atoms with Crippen LogP contribution in [0.2, 0.25) is 0 Å². The zero-order valence-electron chi connectivity index (χ0n) is 12.4. The Labute approximate surface area is 131 Å². The van der Waals surface area contributed by atoms with Gasteiger partial charge < -0.3 is 10.5 Å². The van der Waals surface area contributed by atoms with E-state index in [2.05, 4.69) is 25.9 Å². The maximum absolute atomic E-state index is 12.3. The molecule has 2 heterocycles. The number of nitrogen functional groups attached to an aromatic ring is 1. The van der Waals surface area contributed by atoms with Crippen LogP contribution in [0.4, 0.5) is 5.95 Å². The van der Waals surface area contributed by atoms with E-state index >= 15 is 0 Å². The zero-order valence-corrected chi connectivity index (χ0v) is 14.0. The predicted molar refractivity (Wildman–Crippen MR) is 86.4 cm³/mol.